The van der Waals surface area contributed by atoms with E-state index in [1.54, 1.807) is 6.07 Å². The fourth-order valence-corrected chi connectivity index (χ4v) is 5.33. The molecule has 0 heterocycles. The van der Waals surface area contributed by atoms with Gasteiger partial charge in [-0.3, -0.25) is 0 Å². The van der Waals surface area contributed by atoms with E-state index < -0.39 is 17.2 Å². The molecule has 5 heteroatoms. The van der Waals surface area contributed by atoms with Crippen molar-refractivity contribution in [2.24, 2.45) is 17.8 Å². The van der Waals surface area contributed by atoms with Gasteiger partial charge in [-0.2, -0.15) is 5.26 Å². The van der Waals surface area contributed by atoms with E-state index in [9.17, 15) is 8.78 Å². The molecule has 2 saturated carbocycles. The van der Waals surface area contributed by atoms with Crippen molar-refractivity contribution in [3.63, 3.8) is 0 Å². The average Bonchev–Trinajstić information content (AvgIpc) is 2.80. The van der Waals surface area contributed by atoms with Gasteiger partial charge in [-0.15, -0.1) is 0 Å². The number of nitrogens with zero attached hydrogens (tertiary/aromatic N) is 1. The molecule has 2 aliphatic rings. The van der Waals surface area contributed by atoms with E-state index in [1.807, 2.05) is 0 Å². The van der Waals surface area contributed by atoms with Crippen LogP contribution in [0.25, 0.3) is 0 Å². The lowest BCUT2D eigenvalue weighted by atomic mass is 9.79. The van der Waals surface area contributed by atoms with Gasteiger partial charge in [0.15, 0.2) is 0 Å². The first-order valence-electron chi connectivity index (χ1n) is 12.3. The van der Waals surface area contributed by atoms with Crippen LogP contribution in [0, 0.1) is 40.7 Å². The Morgan fingerprint density at radius 1 is 0.938 bits per heavy atom. The zero-order valence-electron chi connectivity index (χ0n) is 19.2. The highest BCUT2D eigenvalue weighted by Gasteiger charge is 2.25. The summed E-state index contributed by atoms with van der Waals surface area (Å²) in [6.07, 6.45) is 15.5. The number of ether oxygens (including phenoxy) is 2. The third-order valence-electron chi connectivity index (χ3n) is 7.38. The maximum atomic E-state index is 13.8. The second kappa shape index (κ2) is 12.9. The predicted molar refractivity (Wildman–Crippen MR) is 122 cm³/mol. The van der Waals surface area contributed by atoms with Crippen LogP contribution in [0.4, 0.5) is 8.78 Å². The Bertz CT molecular complexity index is 736. The Labute approximate surface area is 191 Å². The van der Waals surface area contributed by atoms with Crippen molar-refractivity contribution in [2.75, 3.05) is 13.2 Å². The van der Waals surface area contributed by atoms with E-state index in [-0.39, 0.29) is 0 Å². The van der Waals surface area contributed by atoms with Gasteiger partial charge in [0.1, 0.15) is 23.3 Å². The molecular weight excluding hydrogens is 408 g/mol. The summed E-state index contributed by atoms with van der Waals surface area (Å²) in [6.45, 7) is 5.24. The average molecular weight is 446 g/mol. The molecule has 32 heavy (non-hydrogen) atoms. The monoisotopic (exact) mass is 445 g/mol. The van der Waals surface area contributed by atoms with E-state index in [0.29, 0.717) is 29.9 Å². The van der Waals surface area contributed by atoms with Crippen LogP contribution in [0.1, 0.15) is 81.8 Å². The third kappa shape index (κ3) is 7.59. The van der Waals surface area contributed by atoms with E-state index in [2.05, 4.69) is 6.58 Å². The molecule has 0 atom stereocenters. The van der Waals surface area contributed by atoms with Crippen molar-refractivity contribution < 1.29 is 18.3 Å². The Hall–Kier alpha value is -1.93. The second-order valence-corrected chi connectivity index (χ2v) is 9.63. The first-order valence-corrected chi connectivity index (χ1v) is 12.3. The highest BCUT2D eigenvalue weighted by atomic mass is 19.1. The highest BCUT2D eigenvalue weighted by Crippen LogP contribution is 2.34. The lowest BCUT2D eigenvalue weighted by Gasteiger charge is -2.32. The molecule has 0 aromatic heterocycles. The van der Waals surface area contributed by atoms with Crippen molar-refractivity contribution >= 4 is 0 Å². The molecule has 0 radical (unpaired) electrons. The summed E-state index contributed by atoms with van der Waals surface area (Å²) in [5, 5.41) is 8.79. The fraction of sp³-hybridized carbons (Fsp3) is 0.667. The maximum absolute atomic E-state index is 13.8. The summed E-state index contributed by atoms with van der Waals surface area (Å²) in [7, 11) is 0. The van der Waals surface area contributed by atoms with Crippen LogP contribution in [0.5, 0.6) is 0 Å². The van der Waals surface area contributed by atoms with Gasteiger partial charge in [-0.25, -0.2) is 8.78 Å². The number of aryl methyl sites for hydroxylation is 1. The predicted octanol–water partition coefficient (Wildman–Crippen LogP) is 7.09. The van der Waals surface area contributed by atoms with Crippen LogP contribution >= 0.6 is 0 Å². The summed E-state index contributed by atoms with van der Waals surface area (Å²) in [5.74, 6) is 0.563. The molecule has 2 aliphatic carbocycles. The third-order valence-corrected chi connectivity index (χ3v) is 7.38. The van der Waals surface area contributed by atoms with Crippen molar-refractivity contribution in [1.29, 1.82) is 5.26 Å². The van der Waals surface area contributed by atoms with Crippen molar-refractivity contribution in [3.8, 4) is 6.07 Å². The van der Waals surface area contributed by atoms with Gasteiger partial charge in [0, 0.05) is 6.61 Å². The molecule has 1 aromatic rings. The van der Waals surface area contributed by atoms with Gasteiger partial charge >= 0.3 is 0 Å². The van der Waals surface area contributed by atoms with Gasteiger partial charge in [0.05, 0.1) is 19.0 Å². The molecule has 1 aromatic carbocycles. The lowest BCUT2D eigenvalue weighted by molar-refractivity contribution is -0.0106. The Balaban J connectivity index is 1.28. The Morgan fingerprint density at radius 2 is 1.53 bits per heavy atom. The second-order valence-electron chi connectivity index (χ2n) is 9.63. The van der Waals surface area contributed by atoms with Gasteiger partial charge in [-0.1, -0.05) is 19.4 Å². The number of hydrogen-bond donors (Lipinski definition) is 0. The van der Waals surface area contributed by atoms with Crippen LogP contribution in [0.15, 0.2) is 25.0 Å². The first-order chi connectivity index (χ1) is 15.6. The Kier molecular flexibility index (Phi) is 9.99. The molecule has 3 nitrogen and oxygen atoms in total. The minimum absolute atomic E-state index is 0.426. The maximum Gasteiger partial charge on any atom is 0.144 e. The smallest absolute Gasteiger partial charge is 0.144 e. The van der Waals surface area contributed by atoms with E-state index >= 15 is 0 Å². The lowest BCUT2D eigenvalue weighted by Crippen LogP contribution is -2.26. The normalized spacial score (nSPS) is 25.8. The molecule has 0 saturated heterocycles. The zero-order chi connectivity index (χ0) is 22.8. The number of hydrogen-bond acceptors (Lipinski definition) is 3. The molecule has 0 bridgehead atoms. The van der Waals surface area contributed by atoms with Crippen LogP contribution in [0.2, 0.25) is 0 Å². The molecular formula is C27H37F2NO2. The van der Waals surface area contributed by atoms with Gasteiger partial charge in [0.25, 0.3) is 0 Å². The molecule has 3 rings (SSSR count). The molecule has 176 valence electrons. The fourth-order valence-electron chi connectivity index (χ4n) is 5.33. The Morgan fingerprint density at radius 3 is 2.16 bits per heavy atom. The van der Waals surface area contributed by atoms with Crippen LogP contribution in [-0.4, -0.2) is 19.3 Å². The van der Waals surface area contributed by atoms with E-state index in [4.69, 9.17) is 14.7 Å². The van der Waals surface area contributed by atoms with Crippen LogP contribution < -0.4 is 0 Å². The van der Waals surface area contributed by atoms with Crippen molar-refractivity contribution in [2.45, 2.75) is 83.2 Å². The summed E-state index contributed by atoms with van der Waals surface area (Å²) < 4.78 is 39.1. The molecule has 0 N–H and O–H groups in total. The van der Waals surface area contributed by atoms with Crippen LogP contribution in [-0.2, 0) is 15.9 Å². The molecule has 0 spiro atoms. The highest BCUT2D eigenvalue weighted by molar-refractivity contribution is 5.35. The van der Waals surface area contributed by atoms with E-state index in [1.165, 1.54) is 63.3 Å². The number of halogens is 2. The van der Waals surface area contributed by atoms with Gasteiger partial charge < -0.3 is 9.47 Å². The minimum atomic E-state index is -0.751. The molecule has 0 amide bonds. The van der Waals surface area contributed by atoms with Crippen molar-refractivity contribution in [1.82, 2.24) is 0 Å². The summed E-state index contributed by atoms with van der Waals surface area (Å²) >= 11 is 0. The molecule has 0 aliphatic heterocycles. The first kappa shape index (κ1) is 24.7. The van der Waals surface area contributed by atoms with Crippen molar-refractivity contribution in [3.05, 3.63) is 47.7 Å². The summed E-state index contributed by atoms with van der Waals surface area (Å²) in [5.41, 5.74) is 0.161. The summed E-state index contributed by atoms with van der Waals surface area (Å²) in [6, 6.07) is 4.20. The zero-order valence-corrected chi connectivity index (χ0v) is 19.2. The topological polar surface area (TPSA) is 42.2 Å². The number of nitriles is 1. The largest absolute Gasteiger partial charge is 0.502 e. The number of benzene rings is 1. The quantitative estimate of drug-likeness (QED) is 0.270. The standard InChI is InChI=1S/C27H37F2NO2/c1-2-31-15-3-4-20-11-13-24(14-12-20)32-19-22-8-5-21(6-9-22)7-10-23-16-26(28)25(18-30)27(29)17-23/h2,16-17,20-22,24H,1,3-15,19H2. The SMILES string of the molecule is C=COCCCC1CCC(OCC2CCC(CCc3cc(F)c(C#N)c(F)c3)CC2)CC1. The number of rotatable bonds is 11. The van der Waals surface area contributed by atoms with Gasteiger partial charge in [0.2, 0.25) is 0 Å². The van der Waals surface area contributed by atoms with Gasteiger partial charge in [-0.05, 0) is 99.7 Å². The molecule has 0 unspecified atom stereocenters. The van der Waals surface area contributed by atoms with E-state index in [0.717, 1.165) is 44.8 Å². The minimum Gasteiger partial charge on any atom is -0.502 e. The molecule has 2 fully saturated rings. The van der Waals surface area contributed by atoms with Crippen LogP contribution in [0.3, 0.4) is 0 Å². The summed E-state index contributed by atoms with van der Waals surface area (Å²) in [4.78, 5) is 0.